The summed E-state index contributed by atoms with van der Waals surface area (Å²) < 4.78 is 40.0. The van der Waals surface area contributed by atoms with Crippen LogP contribution in [0.2, 0.25) is 0 Å². The molecule has 0 atom stereocenters. The summed E-state index contributed by atoms with van der Waals surface area (Å²) in [7, 11) is 0. The van der Waals surface area contributed by atoms with Crippen LogP contribution in [0.5, 0.6) is 17.4 Å². The van der Waals surface area contributed by atoms with E-state index in [9.17, 15) is 13.6 Å². The summed E-state index contributed by atoms with van der Waals surface area (Å²) in [5, 5.41) is 7.63. The normalized spacial score (nSPS) is 16.5. The van der Waals surface area contributed by atoms with E-state index in [-0.39, 0.29) is 17.8 Å². The summed E-state index contributed by atoms with van der Waals surface area (Å²) in [6.07, 6.45) is 3.05. The van der Waals surface area contributed by atoms with Crippen LogP contribution in [0.25, 0.3) is 0 Å². The summed E-state index contributed by atoms with van der Waals surface area (Å²) in [6.45, 7) is -0.279. The van der Waals surface area contributed by atoms with E-state index in [0.29, 0.717) is 30.2 Å². The summed E-state index contributed by atoms with van der Waals surface area (Å²) in [5.74, 6) is -0.524. The highest BCUT2D eigenvalue weighted by Crippen LogP contribution is 2.53. The number of nitrogens with two attached hydrogens (primary N) is 1. The summed E-state index contributed by atoms with van der Waals surface area (Å²) in [4.78, 5) is 14.3. The van der Waals surface area contributed by atoms with Crippen LogP contribution in [-0.4, -0.2) is 21.2 Å². The fraction of sp³-hybridized carbons (Fsp3) is 0.227. The smallest absolute Gasteiger partial charge is 0.416 e. The number of amides is 1. The number of ether oxygens (including phenoxy) is 2. The lowest BCUT2D eigenvalue weighted by Crippen LogP contribution is -2.57. The van der Waals surface area contributed by atoms with Crippen molar-refractivity contribution in [3.05, 3.63) is 71.4 Å². The van der Waals surface area contributed by atoms with Crippen molar-refractivity contribution in [1.29, 1.82) is 0 Å². The molecule has 0 saturated heterocycles. The predicted molar refractivity (Wildman–Crippen MR) is 106 cm³/mol. The van der Waals surface area contributed by atoms with Crippen LogP contribution in [0.15, 0.2) is 48.7 Å². The first-order valence-corrected chi connectivity index (χ1v) is 9.80. The third-order valence-corrected chi connectivity index (χ3v) is 5.87. The van der Waals surface area contributed by atoms with E-state index in [1.165, 1.54) is 11.1 Å². The molecule has 3 aromatic rings. The quantitative estimate of drug-likeness (QED) is 0.619. The van der Waals surface area contributed by atoms with Gasteiger partial charge in [0.1, 0.15) is 17.3 Å². The molecule has 1 saturated carbocycles. The molecular formula is C22H18F2N4O3. The van der Waals surface area contributed by atoms with Gasteiger partial charge in [0.15, 0.2) is 5.82 Å². The van der Waals surface area contributed by atoms with Gasteiger partial charge in [0.05, 0.1) is 17.8 Å². The van der Waals surface area contributed by atoms with Crippen LogP contribution in [-0.2, 0) is 12.1 Å². The van der Waals surface area contributed by atoms with E-state index in [4.69, 9.17) is 15.2 Å². The van der Waals surface area contributed by atoms with Crippen LogP contribution < -0.4 is 15.2 Å². The average Bonchev–Trinajstić information content (AvgIpc) is 2.73. The van der Waals surface area contributed by atoms with Gasteiger partial charge in [0.2, 0.25) is 5.88 Å². The molecule has 158 valence electrons. The number of carbonyl (C=O) groups is 1. The highest BCUT2D eigenvalue weighted by molar-refractivity contribution is 5.76. The van der Waals surface area contributed by atoms with Gasteiger partial charge < -0.3 is 15.2 Å². The molecule has 1 fully saturated rings. The van der Waals surface area contributed by atoms with Gasteiger partial charge in [-0.25, -0.2) is 13.6 Å². The molecule has 2 aromatic carbocycles. The van der Waals surface area contributed by atoms with E-state index >= 15 is 0 Å². The number of hydrogen-bond donors (Lipinski definition) is 1. The van der Waals surface area contributed by atoms with Crippen molar-refractivity contribution < 1.29 is 23.0 Å². The lowest BCUT2D eigenvalue weighted by atomic mass is 9.69. The molecule has 1 spiro atoms. The van der Waals surface area contributed by atoms with Crippen LogP contribution in [0.3, 0.4) is 0 Å². The van der Waals surface area contributed by atoms with Crippen LogP contribution in [0.4, 0.5) is 19.3 Å². The van der Waals surface area contributed by atoms with Gasteiger partial charge in [-0.2, -0.15) is 5.10 Å². The van der Waals surface area contributed by atoms with E-state index in [1.807, 2.05) is 6.07 Å². The Morgan fingerprint density at radius 2 is 2.03 bits per heavy atom. The topological polar surface area (TPSA) is 90.6 Å². The van der Waals surface area contributed by atoms with Gasteiger partial charge in [-0.15, -0.1) is 5.10 Å². The van der Waals surface area contributed by atoms with Crippen LogP contribution in [0, 0.1) is 11.6 Å². The van der Waals surface area contributed by atoms with Crippen molar-refractivity contribution in [3.63, 3.8) is 0 Å². The third kappa shape index (κ3) is 3.13. The zero-order valence-corrected chi connectivity index (χ0v) is 16.3. The molecule has 2 heterocycles. The van der Waals surface area contributed by atoms with Crippen molar-refractivity contribution in [2.24, 2.45) is 0 Å². The van der Waals surface area contributed by atoms with Crippen molar-refractivity contribution in [3.8, 4) is 17.4 Å². The van der Waals surface area contributed by atoms with Gasteiger partial charge in [-0.1, -0.05) is 0 Å². The molecule has 2 aliphatic rings. The fourth-order valence-electron chi connectivity index (χ4n) is 4.15. The summed E-state index contributed by atoms with van der Waals surface area (Å²) in [6, 6.07) is 10.8. The molecule has 0 radical (unpaired) electrons. The zero-order chi connectivity index (χ0) is 21.6. The summed E-state index contributed by atoms with van der Waals surface area (Å²) in [5.41, 5.74) is 5.25. The standard InChI is InChI=1S/C22H18F2N4O3/c23-16-6-7-17(25)20(24)14(16)12-28-21(29)31-18-11-13(30-19-3-1-10-26-27-19)4-5-15(18)22(28)8-2-9-22/h1,3-7,10-11H,2,8-9,12,25H2. The minimum absolute atomic E-state index is 0.171. The second-order valence-electron chi connectivity index (χ2n) is 7.59. The largest absolute Gasteiger partial charge is 0.437 e. The first-order valence-electron chi connectivity index (χ1n) is 9.80. The van der Waals surface area contributed by atoms with Crippen LogP contribution >= 0.6 is 0 Å². The average molecular weight is 424 g/mol. The molecule has 0 bridgehead atoms. The lowest BCUT2D eigenvalue weighted by molar-refractivity contribution is 0.000574. The number of aromatic nitrogens is 2. The molecule has 1 amide bonds. The predicted octanol–water partition coefficient (Wildman–Crippen LogP) is 4.52. The lowest BCUT2D eigenvalue weighted by Gasteiger charge is -2.52. The molecule has 7 nitrogen and oxygen atoms in total. The van der Waals surface area contributed by atoms with E-state index in [2.05, 4.69) is 10.2 Å². The Hall–Kier alpha value is -3.75. The van der Waals surface area contributed by atoms with E-state index in [0.717, 1.165) is 24.1 Å². The Bertz CT molecular complexity index is 1170. The number of nitrogen functional groups attached to an aromatic ring is 1. The number of nitrogens with zero attached hydrogens (tertiary/aromatic N) is 3. The Balaban J connectivity index is 1.50. The molecule has 31 heavy (non-hydrogen) atoms. The van der Waals surface area contributed by atoms with Crippen molar-refractivity contribution >= 4 is 11.8 Å². The molecule has 1 aliphatic heterocycles. The van der Waals surface area contributed by atoms with Gasteiger partial charge in [0, 0.05) is 29.5 Å². The van der Waals surface area contributed by atoms with Crippen molar-refractivity contribution in [2.45, 2.75) is 31.3 Å². The van der Waals surface area contributed by atoms with Crippen LogP contribution in [0.1, 0.15) is 30.4 Å². The second kappa shape index (κ2) is 7.19. The number of carbonyl (C=O) groups excluding carboxylic acids is 1. The number of benzene rings is 2. The maximum absolute atomic E-state index is 14.5. The monoisotopic (exact) mass is 424 g/mol. The number of rotatable bonds is 4. The number of halogens is 2. The Morgan fingerprint density at radius 1 is 1.19 bits per heavy atom. The minimum atomic E-state index is -0.860. The fourth-order valence-corrected chi connectivity index (χ4v) is 4.15. The Labute approximate surface area is 176 Å². The van der Waals surface area contributed by atoms with E-state index < -0.39 is 23.3 Å². The van der Waals surface area contributed by atoms with Gasteiger partial charge in [0.25, 0.3) is 0 Å². The highest BCUT2D eigenvalue weighted by atomic mass is 19.1. The maximum Gasteiger partial charge on any atom is 0.416 e. The SMILES string of the molecule is Nc1ccc(F)c(CN2C(=O)Oc3cc(Oc4cccnn4)ccc3C23CCC3)c1F. The Morgan fingerprint density at radius 3 is 2.74 bits per heavy atom. The number of anilines is 1. The Kier molecular flexibility index (Phi) is 4.46. The molecule has 9 heteroatoms. The van der Waals surface area contributed by atoms with Gasteiger partial charge >= 0.3 is 6.09 Å². The molecular weight excluding hydrogens is 406 g/mol. The molecule has 1 aromatic heterocycles. The van der Waals surface area contributed by atoms with Gasteiger partial charge in [-0.3, -0.25) is 4.90 Å². The molecule has 5 rings (SSSR count). The minimum Gasteiger partial charge on any atom is -0.437 e. The number of hydrogen-bond acceptors (Lipinski definition) is 6. The highest BCUT2D eigenvalue weighted by Gasteiger charge is 2.52. The second-order valence-corrected chi connectivity index (χ2v) is 7.59. The molecule has 2 N–H and O–H groups in total. The first-order chi connectivity index (χ1) is 15.0. The summed E-state index contributed by atoms with van der Waals surface area (Å²) >= 11 is 0. The van der Waals surface area contributed by atoms with Crippen molar-refractivity contribution in [1.82, 2.24) is 15.1 Å². The molecule has 0 unspecified atom stereocenters. The van der Waals surface area contributed by atoms with E-state index in [1.54, 1.807) is 24.3 Å². The molecule has 1 aliphatic carbocycles. The maximum atomic E-state index is 14.5. The first kappa shape index (κ1) is 19.2. The third-order valence-electron chi connectivity index (χ3n) is 5.87. The van der Waals surface area contributed by atoms with Gasteiger partial charge in [-0.05, 0) is 49.6 Å². The number of fused-ring (bicyclic) bond motifs is 2. The van der Waals surface area contributed by atoms with Crippen molar-refractivity contribution in [2.75, 3.05) is 5.73 Å². The zero-order valence-electron chi connectivity index (χ0n) is 16.3.